The third kappa shape index (κ3) is 2.14. The Morgan fingerprint density at radius 1 is 1.45 bits per heavy atom. The summed E-state index contributed by atoms with van der Waals surface area (Å²) in [6, 6.07) is 0. The molecule has 2 nitrogen and oxygen atoms in total. The largest absolute Gasteiger partial charge is 0.474 e. The highest BCUT2D eigenvalue weighted by molar-refractivity contribution is 5.06. The van der Waals surface area contributed by atoms with Crippen LogP contribution in [0.4, 0.5) is 0 Å². The van der Waals surface area contributed by atoms with Gasteiger partial charge in [-0.1, -0.05) is 13.8 Å². The number of hydrogen-bond donors (Lipinski definition) is 1. The number of nitrogens with one attached hydrogen (secondary N) is 1. The van der Waals surface area contributed by atoms with Crippen molar-refractivity contribution in [2.75, 3.05) is 0 Å². The molecule has 0 bridgehead atoms. The molecule has 2 heteroatoms. The van der Waals surface area contributed by atoms with Crippen molar-refractivity contribution in [3.63, 3.8) is 0 Å². The Labute approximate surface area is 68.6 Å². The van der Waals surface area contributed by atoms with Gasteiger partial charge in [-0.05, 0) is 19.8 Å². The third-order valence-corrected chi connectivity index (χ3v) is 1.91. The lowest BCUT2D eigenvalue weighted by atomic mass is 10.1. The molecule has 0 radical (unpaired) electrons. The predicted octanol–water partition coefficient (Wildman–Crippen LogP) is 2.23. The van der Waals surface area contributed by atoms with E-state index in [9.17, 15) is 0 Å². The molecule has 0 saturated carbocycles. The Balaban J connectivity index is 2.36. The van der Waals surface area contributed by atoms with Gasteiger partial charge in [-0.3, -0.25) is 0 Å². The van der Waals surface area contributed by atoms with Gasteiger partial charge in [-0.2, -0.15) is 0 Å². The molecule has 0 fully saturated rings. The van der Waals surface area contributed by atoms with Crippen molar-refractivity contribution in [1.82, 2.24) is 5.32 Å². The molecule has 1 unspecified atom stereocenters. The Kier molecular flexibility index (Phi) is 2.42. The van der Waals surface area contributed by atoms with Gasteiger partial charge in [-0.25, -0.2) is 0 Å². The van der Waals surface area contributed by atoms with E-state index in [4.69, 9.17) is 4.74 Å². The van der Waals surface area contributed by atoms with Crippen LogP contribution in [0.15, 0.2) is 11.5 Å². The summed E-state index contributed by atoms with van der Waals surface area (Å²) in [5.74, 6) is 1.72. The van der Waals surface area contributed by atoms with Gasteiger partial charge in [0.25, 0.3) is 0 Å². The standard InChI is InChI=1S/C9H17NO/c1-6(2)5-9-10-7(3)8(4)11-9/h6,9-10H,5H2,1-4H3. The summed E-state index contributed by atoms with van der Waals surface area (Å²) in [7, 11) is 0. The number of ether oxygens (including phenoxy) is 1. The van der Waals surface area contributed by atoms with Crippen LogP contribution in [-0.4, -0.2) is 6.23 Å². The molecule has 1 N–H and O–H groups in total. The molecule has 0 aliphatic carbocycles. The van der Waals surface area contributed by atoms with Crippen molar-refractivity contribution in [2.24, 2.45) is 5.92 Å². The summed E-state index contributed by atoms with van der Waals surface area (Å²) < 4.78 is 5.55. The first kappa shape index (κ1) is 8.44. The van der Waals surface area contributed by atoms with Gasteiger partial charge in [0.2, 0.25) is 0 Å². The van der Waals surface area contributed by atoms with Crippen LogP contribution in [0.5, 0.6) is 0 Å². The first-order chi connectivity index (χ1) is 5.09. The van der Waals surface area contributed by atoms with Crippen molar-refractivity contribution in [3.05, 3.63) is 11.5 Å². The fourth-order valence-corrected chi connectivity index (χ4v) is 1.21. The van der Waals surface area contributed by atoms with Crippen LogP contribution >= 0.6 is 0 Å². The molecular formula is C9H17NO. The summed E-state index contributed by atoms with van der Waals surface area (Å²) in [5.41, 5.74) is 1.18. The molecule has 11 heavy (non-hydrogen) atoms. The normalized spacial score (nSPS) is 23.9. The molecule has 0 spiro atoms. The summed E-state index contributed by atoms with van der Waals surface area (Å²) in [6.45, 7) is 8.46. The predicted molar refractivity (Wildman–Crippen MR) is 45.8 cm³/mol. The van der Waals surface area contributed by atoms with E-state index in [1.54, 1.807) is 0 Å². The van der Waals surface area contributed by atoms with Crippen LogP contribution in [0.3, 0.4) is 0 Å². The van der Waals surface area contributed by atoms with E-state index in [0.29, 0.717) is 5.92 Å². The zero-order valence-corrected chi connectivity index (χ0v) is 7.77. The highest BCUT2D eigenvalue weighted by Gasteiger charge is 2.19. The molecule has 1 rings (SSSR count). The second-order valence-corrected chi connectivity index (χ2v) is 3.56. The molecule has 0 saturated heterocycles. The van der Waals surface area contributed by atoms with Crippen molar-refractivity contribution >= 4 is 0 Å². The van der Waals surface area contributed by atoms with Gasteiger partial charge >= 0.3 is 0 Å². The van der Waals surface area contributed by atoms with E-state index in [2.05, 4.69) is 26.1 Å². The number of allylic oxidation sites excluding steroid dienone is 2. The Bertz CT molecular complexity index is 158. The number of hydrogen-bond acceptors (Lipinski definition) is 2. The van der Waals surface area contributed by atoms with E-state index < -0.39 is 0 Å². The van der Waals surface area contributed by atoms with E-state index in [-0.39, 0.29) is 6.23 Å². The zero-order chi connectivity index (χ0) is 8.43. The van der Waals surface area contributed by atoms with Gasteiger partial charge in [0.05, 0.1) is 0 Å². The molecule has 0 aromatic carbocycles. The first-order valence-corrected chi connectivity index (χ1v) is 4.20. The Hall–Kier alpha value is -0.660. The van der Waals surface area contributed by atoms with Crippen LogP contribution in [0.1, 0.15) is 34.1 Å². The maximum atomic E-state index is 5.55. The summed E-state index contributed by atoms with van der Waals surface area (Å²) in [4.78, 5) is 0. The van der Waals surface area contributed by atoms with Gasteiger partial charge in [0, 0.05) is 12.1 Å². The van der Waals surface area contributed by atoms with E-state index in [1.807, 2.05) is 6.92 Å². The molecule has 1 heterocycles. The number of rotatable bonds is 2. The van der Waals surface area contributed by atoms with Crippen molar-refractivity contribution < 1.29 is 4.74 Å². The Morgan fingerprint density at radius 2 is 2.09 bits per heavy atom. The average molecular weight is 155 g/mol. The van der Waals surface area contributed by atoms with Crippen molar-refractivity contribution in [2.45, 2.75) is 40.3 Å². The Morgan fingerprint density at radius 3 is 2.45 bits per heavy atom. The van der Waals surface area contributed by atoms with E-state index in [0.717, 1.165) is 12.2 Å². The minimum atomic E-state index is 0.218. The van der Waals surface area contributed by atoms with Gasteiger partial charge in [0.15, 0.2) is 6.23 Å². The first-order valence-electron chi connectivity index (χ1n) is 4.20. The summed E-state index contributed by atoms with van der Waals surface area (Å²) in [6.07, 6.45) is 1.30. The van der Waals surface area contributed by atoms with Crippen LogP contribution in [0.25, 0.3) is 0 Å². The zero-order valence-electron chi connectivity index (χ0n) is 7.77. The van der Waals surface area contributed by atoms with Crippen LogP contribution in [0, 0.1) is 5.92 Å². The second-order valence-electron chi connectivity index (χ2n) is 3.56. The topological polar surface area (TPSA) is 21.3 Å². The third-order valence-electron chi connectivity index (χ3n) is 1.91. The quantitative estimate of drug-likeness (QED) is 0.660. The lowest BCUT2D eigenvalue weighted by Gasteiger charge is -2.14. The maximum absolute atomic E-state index is 5.55. The lowest BCUT2D eigenvalue weighted by molar-refractivity contribution is 0.108. The van der Waals surface area contributed by atoms with Gasteiger partial charge in [0.1, 0.15) is 5.76 Å². The fourth-order valence-electron chi connectivity index (χ4n) is 1.21. The molecule has 0 amide bonds. The molecule has 1 aliphatic heterocycles. The molecule has 0 aromatic heterocycles. The highest BCUT2D eigenvalue weighted by Crippen LogP contribution is 2.18. The van der Waals surface area contributed by atoms with E-state index >= 15 is 0 Å². The van der Waals surface area contributed by atoms with Crippen LogP contribution < -0.4 is 5.32 Å². The van der Waals surface area contributed by atoms with Gasteiger partial charge in [-0.15, -0.1) is 0 Å². The molecule has 1 aliphatic rings. The second kappa shape index (κ2) is 3.16. The molecular weight excluding hydrogens is 138 g/mol. The van der Waals surface area contributed by atoms with Gasteiger partial charge < -0.3 is 10.1 Å². The average Bonchev–Trinajstić information content (AvgIpc) is 2.10. The van der Waals surface area contributed by atoms with Crippen molar-refractivity contribution in [3.8, 4) is 0 Å². The fraction of sp³-hybridized carbons (Fsp3) is 0.778. The van der Waals surface area contributed by atoms with Crippen molar-refractivity contribution in [1.29, 1.82) is 0 Å². The molecule has 1 atom stereocenters. The minimum absolute atomic E-state index is 0.218. The minimum Gasteiger partial charge on any atom is -0.474 e. The monoisotopic (exact) mass is 155 g/mol. The smallest absolute Gasteiger partial charge is 0.169 e. The molecule has 0 aromatic rings. The molecule has 64 valence electrons. The van der Waals surface area contributed by atoms with Crippen LogP contribution in [-0.2, 0) is 4.74 Å². The lowest BCUT2D eigenvalue weighted by Crippen LogP contribution is -2.24. The SMILES string of the molecule is CC1=C(C)OC(CC(C)C)N1. The van der Waals surface area contributed by atoms with Crippen LogP contribution in [0.2, 0.25) is 0 Å². The highest BCUT2D eigenvalue weighted by atomic mass is 16.5. The van der Waals surface area contributed by atoms with E-state index in [1.165, 1.54) is 5.70 Å². The summed E-state index contributed by atoms with van der Waals surface area (Å²) >= 11 is 0. The summed E-state index contributed by atoms with van der Waals surface area (Å²) in [5, 5.41) is 3.29. The maximum Gasteiger partial charge on any atom is 0.169 e.